The zero-order valence-electron chi connectivity index (χ0n) is 11.5. The van der Waals surface area contributed by atoms with Gasteiger partial charge in [-0.25, -0.2) is 15.0 Å². The van der Waals surface area contributed by atoms with Crippen molar-refractivity contribution in [1.82, 2.24) is 15.0 Å². The second-order valence-electron chi connectivity index (χ2n) is 4.19. The minimum atomic E-state index is -0.0273. The Labute approximate surface area is 117 Å². The predicted molar refractivity (Wildman–Crippen MR) is 75.4 cm³/mol. The van der Waals surface area contributed by atoms with Gasteiger partial charge in [-0.3, -0.25) is 4.79 Å². The summed E-state index contributed by atoms with van der Waals surface area (Å²) >= 11 is 0. The van der Waals surface area contributed by atoms with Crippen molar-refractivity contribution in [2.24, 2.45) is 0 Å². The lowest BCUT2D eigenvalue weighted by atomic mass is 10.1. The number of hydrogen-bond donors (Lipinski definition) is 1. The van der Waals surface area contributed by atoms with Crippen LogP contribution < -0.4 is 10.1 Å². The maximum Gasteiger partial charge on any atom is 0.316 e. The standard InChI is InChI=1S/C14H16N4O2/c1-3-4-13(19)18-12-6-5-10(7-15-12)11-8-16-14(20-2)17-9-11/h5-9H,3-4H2,1-2H3,(H,15,18,19). The molecule has 0 saturated heterocycles. The van der Waals surface area contributed by atoms with Gasteiger partial charge in [0.15, 0.2) is 0 Å². The highest BCUT2D eigenvalue weighted by atomic mass is 16.5. The Kier molecular flexibility index (Phi) is 4.60. The molecule has 2 heterocycles. The number of carbonyl (C=O) groups is 1. The van der Waals surface area contributed by atoms with Crippen molar-refractivity contribution in [3.8, 4) is 17.1 Å². The SMILES string of the molecule is CCCC(=O)Nc1ccc(-c2cnc(OC)nc2)cn1. The van der Waals surface area contributed by atoms with Gasteiger partial charge in [0.05, 0.1) is 7.11 Å². The molecule has 2 aromatic heterocycles. The Hall–Kier alpha value is -2.50. The van der Waals surface area contributed by atoms with Crippen LogP contribution in [0.1, 0.15) is 19.8 Å². The highest BCUT2D eigenvalue weighted by molar-refractivity contribution is 5.89. The van der Waals surface area contributed by atoms with Crippen molar-refractivity contribution in [3.63, 3.8) is 0 Å². The van der Waals surface area contributed by atoms with Crippen LogP contribution in [0.2, 0.25) is 0 Å². The fourth-order valence-corrected chi connectivity index (χ4v) is 1.64. The van der Waals surface area contributed by atoms with Crippen LogP contribution in [0, 0.1) is 0 Å². The van der Waals surface area contributed by atoms with E-state index in [9.17, 15) is 4.79 Å². The van der Waals surface area contributed by atoms with E-state index in [1.54, 1.807) is 24.7 Å². The fourth-order valence-electron chi connectivity index (χ4n) is 1.64. The first-order chi connectivity index (χ1) is 9.72. The van der Waals surface area contributed by atoms with Crippen molar-refractivity contribution in [2.45, 2.75) is 19.8 Å². The van der Waals surface area contributed by atoms with Crippen molar-refractivity contribution < 1.29 is 9.53 Å². The first kappa shape index (κ1) is 13.9. The van der Waals surface area contributed by atoms with Crippen LogP contribution in [-0.2, 0) is 4.79 Å². The molecule has 0 spiro atoms. The molecule has 0 saturated carbocycles. The third-order valence-electron chi connectivity index (χ3n) is 2.65. The fraction of sp³-hybridized carbons (Fsp3) is 0.286. The van der Waals surface area contributed by atoms with Crippen LogP contribution >= 0.6 is 0 Å². The average Bonchev–Trinajstić information content (AvgIpc) is 2.48. The van der Waals surface area contributed by atoms with E-state index in [1.165, 1.54) is 7.11 Å². The lowest BCUT2D eigenvalue weighted by Gasteiger charge is -2.05. The number of methoxy groups -OCH3 is 1. The van der Waals surface area contributed by atoms with Gasteiger partial charge in [0.2, 0.25) is 5.91 Å². The molecule has 0 aliphatic rings. The first-order valence-corrected chi connectivity index (χ1v) is 6.35. The molecule has 104 valence electrons. The van der Waals surface area contributed by atoms with Crippen LogP contribution in [0.25, 0.3) is 11.1 Å². The van der Waals surface area contributed by atoms with Gasteiger partial charge in [-0.15, -0.1) is 0 Å². The lowest BCUT2D eigenvalue weighted by Crippen LogP contribution is -2.11. The maximum absolute atomic E-state index is 11.5. The van der Waals surface area contributed by atoms with Gasteiger partial charge in [-0.1, -0.05) is 6.92 Å². The van der Waals surface area contributed by atoms with E-state index >= 15 is 0 Å². The molecule has 0 atom stereocenters. The molecule has 6 nitrogen and oxygen atoms in total. The smallest absolute Gasteiger partial charge is 0.316 e. The molecule has 0 aliphatic carbocycles. The lowest BCUT2D eigenvalue weighted by molar-refractivity contribution is -0.116. The third kappa shape index (κ3) is 3.50. The summed E-state index contributed by atoms with van der Waals surface area (Å²) < 4.78 is 4.91. The van der Waals surface area contributed by atoms with Crippen molar-refractivity contribution in [3.05, 3.63) is 30.7 Å². The van der Waals surface area contributed by atoms with Gasteiger partial charge in [0.1, 0.15) is 5.82 Å². The summed E-state index contributed by atoms with van der Waals surface area (Å²) in [5.74, 6) is 0.516. The van der Waals surface area contributed by atoms with Gasteiger partial charge < -0.3 is 10.1 Å². The molecule has 6 heteroatoms. The van der Waals surface area contributed by atoms with E-state index in [-0.39, 0.29) is 5.91 Å². The monoisotopic (exact) mass is 272 g/mol. The Morgan fingerprint density at radius 1 is 1.15 bits per heavy atom. The Morgan fingerprint density at radius 3 is 2.40 bits per heavy atom. The van der Waals surface area contributed by atoms with Gasteiger partial charge in [-0.05, 0) is 18.6 Å². The molecule has 0 radical (unpaired) electrons. The summed E-state index contributed by atoms with van der Waals surface area (Å²) in [7, 11) is 1.52. The number of rotatable bonds is 5. The molecule has 1 amide bonds. The molecule has 20 heavy (non-hydrogen) atoms. The summed E-state index contributed by atoms with van der Waals surface area (Å²) in [6.07, 6.45) is 6.31. The Morgan fingerprint density at radius 2 is 1.85 bits per heavy atom. The zero-order valence-corrected chi connectivity index (χ0v) is 11.5. The number of ether oxygens (including phenoxy) is 1. The summed E-state index contributed by atoms with van der Waals surface area (Å²) in [6, 6.07) is 3.94. The predicted octanol–water partition coefficient (Wildman–Crippen LogP) is 2.29. The van der Waals surface area contributed by atoms with Crippen LogP contribution in [0.15, 0.2) is 30.7 Å². The number of pyridine rings is 1. The summed E-state index contributed by atoms with van der Waals surface area (Å²) in [5, 5.41) is 2.74. The second-order valence-corrected chi connectivity index (χ2v) is 4.19. The van der Waals surface area contributed by atoms with Crippen molar-refractivity contribution >= 4 is 11.7 Å². The molecule has 0 unspecified atom stereocenters. The molecular formula is C14H16N4O2. The van der Waals surface area contributed by atoms with Crippen LogP contribution in [-0.4, -0.2) is 28.0 Å². The van der Waals surface area contributed by atoms with Crippen molar-refractivity contribution in [1.29, 1.82) is 0 Å². The summed E-state index contributed by atoms with van der Waals surface area (Å²) in [4.78, 5) is 23.7. The highest BCUT2D eigenvalue weighted by Gasteiger charge is 2.04. The van der Waals surface area contributed by atoms with E-state index in [0.29, 0.717) is 18.2 Å². The number of nitrogens with zero attached hydrogens (tertiary/aromatic N) is 3. The zero-order chi connectivity index (χ0) is 14.4. The number of amides is 1. The van der Waals surface area contributed by atoms with E-state index < -0.39 is 0 Å². The largest absolute Gasteiger partial charge is 0.467 e. The Bertz CT molecular complexity index is 567. The molecule has 0 fully saturated rings. The van der Waals surface area contributed by atoms with Gasteiger partial charge >= 0.3 is 6.01 Å². The molecule has 0 aliphatic heterocycles. The van der Waals surface area contributed by atoms with Crippen LogP contribution in [0.4, 0.5) is 5.82 Å². The summed E-state index contributed by atoms with van der Waals surface area (Å²) in [5.41, 5.74) is 1.71. The van der Waals surface area contributed by atoms with Crippen LogP contribution in [0.3, 0.4) is 0 Å². The number of nitrogens with one attached hydrogen (secondary N) is 1. The minimum absolute atomic E-state index is 0.0273. The van der Waals surface area contributed by atoms with Crippen molar-refractivity contribution in [2.75, 3.05) is 12.4 Å². The van der Waals surface area contributed by atoms with Crippen LogP contribution in [0.5, 0.6) is 6.01 Å². The molecule has 2 aromatic rings. The minimum Gasteiger partial charge on any atom is -0.467 e. The second kappa shape index (κ2) is 6.60. The molecule has 1 N–H and O–H groups in total. The van der Waals surface area contributed by atoms with Gasteiger partial charge in [0.25, 0.3) is 0 Å². The molecule has 0 bridgehead atoms. The molecule has 2 rings (SSSR count). The number of hydrogen-bond acceptors (Lipinski definition) is 5. The van der Waals surface area contributed by atoms with E-state index in [4.69, 9.17) is 4.74 Å². The first-order valence-electron chi connectivity index (χ1n) is 6.35. The topological polar surface area (TPSA) is 77.0 Å². The van der Waals surface area contributed by atoms with Gasteiger partial charge in [-0.2, -0.15) is 0 Å². The summed E-state index contributed by atoms with van der Waals surface area (Å²) in [6.45, 7) is 1.96. The average molecular weight is 272 g/mol. The Balaban J connectivity index is 2.08. The number of carbonyl (C=O) groups excluding carboxylic acids is 1. The molecule has 0 aromatic carbocycles. The number of anilines is 1. The molecular weight excluding hydrogens is 256 g/mol. The quantitative estimate of drug-likeness (QED) is 0.903. The number of aromatic nitrogens is 3. The van der Waals surface area contributed by atoms with Gasteiger partial charge in [0, 0.05) is 36.1 Å². The normalized spacial score (nSPS) is 10.1. The highest BCUT2D eigenvalue weighted by Crippen LogP contribution is 2.19. The van der Waals surface area contributed by atoms with E-state index in [0.717, 1.165) is 17.5 Å². The maximum atomic E-state index is 11.5. The third-order valence-corrected chi connectivity index (χ3v) is 2.65. The van der Waals surface area contributed by atoms with E-state index in [1.807, 2.05) is 13.0 Å². The van der Waals surface area contributed by atoms with E-state index in [2.05, 4.69) is 20.3 Å².